The summed E-state index contributed by atoms with van der Waals surface area (Å²) in [5, 5.41) is 10.6. The highest BCUT2D eigenvalue weighted by atomic mass is 16.5. The van der Waals surface area contributed by atoms with Gasteiger partial charge in [-0.05, 0) is 50.6 Å². The normalized spacial score (nSPS) is 16.2. The molecule has 0 saturated heterocycles. The van der Waals surface area contributed by atoms with E-state index < -0.39 is 23.5 Å². The highest BCUT2D eigenvalue weighted by Crippen LogP contribution is 2.41. The topological polar surface area (TPSA) is 98.4 Å². The number of carbonyl (C=O) groups is 2. The zero-order valence-electron chi connectivity index (χ0n) is 18.1. The molecule has 1 aliphatic heterocycles. The van der Waals surface area contributed by atoms with Crippen LogP contribution >= 0.6 is 0 Å². The van der Waals surface area contributed by atoms with Gasteiger partial charge in [0.15, 0.2) is 23.0 Å². The highest BCUT2D eigenvalue weighted by Gasteiger charge is 2.44. The third kappa shape index (κ3) is 4.44. The Labute approximate surface area is 181 Å². The largest absolute Gasteiger partial charge is 0.503 e. The number of carbonyl (C=O) groups excluding carboxylic acids is 2. The van der Waals surface area contributed by atoms with Gasteiger partial charge >= 0.3 is 0 Å². The van der Waals surface area contributed by atoms with Gasteiger partial charge < -0.3 is 28.6 Å². The zero-order chi connectivity index (χ0) is 22.5. The Morgan fingerprint density at radius 3 is 2.45 bits per heavy atom. The number of benzene rings is 1. The van der Waals surface area contributed by atoms with Crippen LogP contribution in [0.4, 0.5) is 0 Å². The van der Waals surface area contributed by atoms with Crippen molar-refractivity contribution in [1.82, 2.24) is 4.90 Å². The van der Waals surface area contributed by atoms with Crippen molar-refractivity contribution in [3.63, 3.8) is 0 Å². The molecule has 0 bridgehead atoms. The van der Waals surface area contributed by atoms with Crippen LogP contribution in [-0.2, 0) is 9.53 Å². The molecule has 1 unspecified atom stereocenters. The van der Waals surface area contributed by atoms with Gasteiger partial charge in [-0.25, -0.2) is 0 Å². The molecule has 3 rings (SSSR count). The van der Waals surface area contributed by atoms with E-state index in [0.29, 0.717) is 36.0 Å². The predicted molar refractivity (Wildman–Crippen MR) is 113 cm³/mol. The summed E-state index contributed by atoms with van der Waals surface area (Å²) in [6.07, 6.45) is 0. The molecule has 0 saturated carbocycles. The Bertz CT molecular complexity index is 992. The molecule has 1 aromatic heterocycles. The van der Waals surface area contributed by atoms with Gasteiger partial charge in [0.25, 0.3) is 5.91 Å². The molecule has 8 heteroatoms. The number of nitrogens with zero attached hydrogens (tertiary/aromatic N) is 1. The number of aliphatic hydroxyl groups excluding tert-OH is 1. The first-order chi connectivity index (χ1) is 14.9. The standard InChI is InChI=1S/C23H27NO7/c1-5-29-16-10-8-15(13-18(16)30-6-2)20-19(21(25)17-9-7-14(3)31-17)22(26)23(27)24(20)11-12-28-4/h7-10,13,20,26H,5-6,11-12H2,1-4H3. The minimum Gasteiger partial charge on any atom is -0.503 e. The molecule has 1 amide bonds. The summed E-state index contributed by atoms with van der Waals surface area (Å²) < 4.78 is 21.9. The van der Waals surface area contributed by atoms with Crippen LogP contribution in [0, 0.1) is 6.92 Å². The number of rotatable bonds is 10. The van der Waals surface area contributed by atoms with Gasteiger partial charge in [-0.2, -0.15) is 0 Å². The molecule has 0 radical (unpaired) electrons. The van der Waals surface area contributed by atoms with Gasteiger partial charge in [0.1, 0.15) is 5.76 Å². The van der Waals surface area contributed by atoms with Gasteiger partial charge in [-0.1, -0.05) is 6.07 Å². The van der Waals surface area contributed by atoms with Crippen molar-refractivity contribution in [1.29, 1.82) is 0 Å². The monoisotopic (exact) mass is 429 g/mol. The predicted octanol–water partition coefficient (Wildman–Crippen LogP) is 3.61. The first-order valence-electron chi connectivity index (χ1n) is 10.2. The number of aliphatic hydroxyl groups is 1. The Kier molecular flexibility index (Phi) is 7.02. The van der Waals surface area contributed by atoms with E-state index in [-0.39, 0.29) is 24.5 Å². The first kappa shape index (κ1) is 22.4. The fourth-order valence-corrected chi connectivity index (χ4v) is 3.58. The summed E-state index contributed by atoms with van der Waals surface area (Å²) in [4.78, 5) is 27.5. The molecule has 8 nitrogen and oxygen atoms in total. The lowest BCUT2D eigenvalue weighted by Crippen LogP contribution is -2.34. The van der Waals surface area contributed by atoms with E-state index in [1.807, 2.05) is 13.8 Å². The first-order valence-corrected chi connectivity index (χ1v) is 10.2. The molecule has 0 spiro atoms. The number of ketones is 1. The number of hydrogen-bond acceptors (Lipinski definition) is 7. The zero-order valence-corrected chi connectivity index (χ0v) is 18.1. The number of furan rings is 1. The summed E-state index contributed by atoms with van der Waals surface area (Å²) >= 11 is 0. The van der Waals surface area contributed by atoms with E-state index in [4.69, 9.17) is 18.6 Å². The molecule has 2 aromatic rings. The van der Waals surface area contributed by atoms with Crippen molar-refractivity contribution in [2.24, 2.45) is 0 Å². The summed E-state index contributed by atoms with van der Waals surface area (Å²) in [5.41, 5.74) is 0.564. The molecule has 1 aromatic carbocycles. The molecule has 1 N–H and O–H groups in total. The average molecular weight is 429 g/mol. The maximum absolute atomic E-state index is 13.2. The van der Waals surface area contributed by atoms with Crippen LogP contribution in [0.25, 0.3) is 0 Å². The molecule has 2 heterocycles. The average Bonchev–Trinajstić information content (AvgIpc) is 3.29. The summed E-state index contributed by atoms with van der Waals surface area (Å²) in [7, 11) is 1.52. The minimum atomic E-state index is -0.824. The second-order valence-corrected chi connectivity index (χ2v) is 6.97. The smallest absolute Gasteiger partial charge is 0.290 e. The highest BCUT2D eigenvalue weighted by molar-refractivity contribution is 6.15. The van der Waals surface area contributed by atoms with Gasteiger partial charge in [0.05, 0.1) is 31.4 Å². The van der Waals surface area contributed by atoms with Gasteiger partial charge in [0.2, 0.25) is 5.78 Å². The van der Waals surface area contributed by atoms with Gasteiger partial charge in [-0.3, -0.25) is 9.59 Å². The lowest BCUT2D eigenvalue weighted by atomic mass is 9.94. The van der Waals surface area contributed by atoms with Crippen LogP contribution in [0.5, 0.6) is 11.5 Å². The van der Waals surface area contributed by atoms with Crippen molar-refractivity contribution in [3.05, 3.63) is 58.7 Å². The van der Waals surface area contributed by atoms with Crippen molar-refractivity contribution in [3.8, 4) is 11.5 Å². The van der Waals surface area contributed by atoms with Crippen LogP contribution in [0.1, 0.15) is 41.8 Å². The Morgan fingerprint density at radius 1 is 1.13 bits per heavy atom. The number of aryl methyl sites for hydroxylation is 1. The second-order valence-electron chi connectivity index (χ2n) is 6.97. The van der Waals surface area contributed by atoms with E-state index in [0.717, 1.165) is 0 Å². The van der Waals surface area contributed by atoms with Crippen LogP contribution in [0.2, 0.25) is 0 Å². The van der Waals surface area contributed by atoms with Gasteiger partial charge in [-0.15, -0.1) is 0 Å². The lowest BCUT2D eigenvalue weighted by Gasteiger charge is -2.27. The Hall–Kier alpha value is -3.26. The maximum Gasteiger partial charge on any atom is 0.290 e. The maximum atomic E-state index is 13.2. The van der Waals surface area contributed by atoms with E-state index in [1.54, 1.807) is 31.2 Å². The molecule has 166 valence electrons. The molecule has 31 heavy (non-hydrogen) atoms. The van der Waals surface area contributed by atoms with E-state index in [9.17, 15) is 14.7 Å². The third-order valence-electron chi connectivity index (χ3n) is 4.93. The fraction of sp³-hybridized carbons (Fsp3) is 0.391. The molecule has 0 fully saturated rings. The minimum absolute atomic E-state index is 0.0398. The molecular weight excluding hydrogens is 402 g/mol. The fourth-order valence-electron chi connectivity index (χ4n) is 3.58. The molecule has 0 aliphatic carbocycles. The number of hydrogen-bond donors (Lipinski definition) is 1. The van der Waals surface area contributed by atoms with E-state index in [2.05, 4.69) is 0 Å². The number of amides is 1. The van der Waals surface area contributed by atoms with Gasteiger partial charge in [0, 0.05) is 13.7 Å². The third-order valence-corrected chi connectivity index (χ3v) is 4.93. The quantitative estimate of drug-likeness (QED) is 0.576. The Balaban J connectivity index is 2.10. The van der Waals surface area contributed by atoms with Crippen molar-refractivity contribution >= 4 is 11.7 Å². The van der Waals surface area contributed by atoms with Crippen LogP contribution in [-0.4, -0.2) is 55.2 Å². The SMILES string of the molecule is CCOc1ccc(C2C(C(=O)c3ccc(C)o3)=C(O)C(=O)N2CCOC)cc1OCC. The van der Waals surface area contributed by atoms with E-state index >= 15 is 0 Å². The number of ether oxygens (including phenoxy) is 3. The Morgan fingerprint density at radius 2 is 1.84 bits per heavy atom. The number of Topliss-reactive ketones (excluding diaryl/α,β-unsaturated/α-hetero) is 1. The van der Waals surface area contributed by atoms with Crippen LogP contribution < -0.4 is 9.47 Å². The van der Waals surface area contributed by atoms with Crippen molar-refractivity contribution in [2.75, 3.05) is 33.5 Å². The summed E-state index contributed by atoms with van der Waals surface area (Å²) in [5.74, 6) is -0.110. The van der Waals surface area contributed by atoms with E-state index in [1.165, 1.54) is 18.1 Å². The van der Waals surface area contributed by atoms with Crippen molar-refractivity contribution in [2.45, 2.75) is 26.8 Å². The molecular formula is C23H27NO7. The lowest BCUT2D eigenvalue weighted by molar-refractivity contribution is -0.130. The molecule has 1 atom stereocenters. The molecule has 1 aliphatic rings. The summed E-state index contributed by atoms with van der Waals surface area (Å²) in [6.45, 7) is 6.75. The second kappa shape index (κ2) is 9.70. The van der Waals surface area contributed by atoms with Crippen LogP contribution in [0.15, 0.2) is 46.1 Å². The van der Waals surface area contributed by atoms with Crippen LogP contribution in [0.3, 0.4) is 0 Å². The number of methoxy groups -OCH3 is 1. The van der Waals surface area contributed by atoms with Crippen molar-refractivity contribution < 1.29 is 33.3 Å². The summed E-state index contributed by atoms with van der Waals surface area (Å²) in [6, 6.07) is 7.58.